The van der Waals surface area contributed by atoms with Gasteiger partial charge in [-0.25, -0.2) is 4.98 Å². The fourth-order valence-corrected chi connectivity index (χ4v) is 4.61. The Morgan fingerprint density at radius 1 is 1.06 bits per heavy atom. The van der Waals surface area contributed by atoms with E-state index in [1.807, 2.05) is 54.6 Å². The number of thiazole rings is 1. The van der Waals surface area contributed by atoms with Crippen LogP contribution in [0.3, 0.4) is 0 Å². The van der Waals surface area contributed by atoms with Gasteiger partial charge in [0.05, 0.1) is 15.7 Å². The Bertz CT molecular complexity index is 1320. The highest BCUT2D eigenvalue weighted by Crippen LogP contribution is 2.27. The van der Waals surface area contributed by atoms with Gasteiger partial charge < -0.3 is 10.1 Å². The summed E-state index contributed by atoms with van der Waals surface area (Å²) in [5.41, 5.74) is 7.17. The summed E-state index contributed by atoms with van der Waals surface area (Å²) < 4.78 is 6.26. The number of carbonyl (C=O) groups excluding carboxylic acids is 2. The molecule has 0 aliphatic heterocycles. The van der Waals surface area contributed by atoms with Gasteiger partial charge in [-0.3, -0.25) is 14.5 Å². The first-order valence-corrected chi connectivity index (χ1v) is 12.5. The van der Waals surface area contributed by atoms with Crippen molar-refractivity contribution in [2.45, 2.75) is 33.4 Å². The second-order valence-corrected chi connectivity index (χ2v) is 9.52. The normalized spacial score (nSPS) is 11.2. The predicted octanol–water partition coefficient (Wildman–Crippen LogP) is 5.99. The molecule has 7 heteroatoms. The molecule has 1 amide bonds. The highest BCUT2D eigenvalue weighted by Gasteiger charge is 2.17. The van der Waals surface area contributed by atoms with Crippen molar-refractivity contribution in [3.05, 3.63) is 83.4 Å². The minimum absolute atomic E-state index is 0.170. The molecule has 0 aliphatic carbocycles. The minimum atomic E-state index is -0.284. The number of rotatable bonds is 9. The molecule has 0 unspecified atom stereocenters. The summed E-state index contributed by atoms with van der Waals surface area (Å²) in [6.45, 7) is 7.20. The van der Waals surface area contributed by atoms with Crippen molar-refractivity contribution in [2.24, 2.45) is 0 Å². The standard InChI is InChI=1S/C28H29N3O3S/c1-19(2)31(13-14-34-20(3)32)17-23-15-22(9-11-25(23)21-7-5-4-6-8-21)28(33)30-24-10-12-27-26(16-24)29-18-35-27/h4-12,15-16,18-19H,13-14,17H2,1-3H3,(H,30,33). The molecule has 0 atom stereocenters. The van der Waals surface area contributed by atoms with E-state index in [1.165, 1.54) is 6.92 Å². The highest BCUT2D eigenvalue weighted by molar-refractivity contribution is 7.16. The molecule has 0 aliphatic rings. The van der Waals surface area contributed by atoms with Crippen molar-refractivity contribution in [3.8, 4) is 11.1 Å². The summed E-state index contributed by atoms with van der Waals surface area (Å²) in [5, 5.41) is 3.00. The second-order valence-electron chi connectivity index (χ2n) is 8.63. The number of ether oxygens (including phenoxy) is 1. The predicted molar refractivity (Wildman–Crippen MR) is 142 cm³/mol. The Hall–Kier alpha value is -3.55. The zero-order chi connectivity index (χ0) is 24.8. The fourth-order valence-electron chi connectivity index (χ4n) is 3.95. The third-order valence-electron chi connectivity index (χ3n) is 5.83. The Morgan fingerprint density at radius 3 is 2.60 bits per heavy atom. The molecule has 6 nitrogen and oxygen atoms in total. The third-order valence-corrected chi connectivity index (χ3v) is 6.64. The van der Waals surface area contributed by atoms with Crippen LogP contribution >= 0.6 is 11.3 Å². The number of aromatic nitrogens is 1. The number of anilines is 1. The van der Waals surface area contributed by atoms with E-state index in [0.717, 1.165) is 26.9 Å². The number of fused-ring (bicyclic) bond motifs is 1. The van der Waals surface area contributed by atoms with Gasteiger partial charge in [-0.2, -0.15) is 0 Å². The molecule has 0 saturated carbocycles. The van der Waals surface area contributed by atoms with E-state index in [1.54, 1.807) is 16.8 Å². The van der Waals surface area contributed by atoms with Crippen LogP contribution < -0.4 is 5.32 Å². The molecule has 1 N–H and O–H groups in total. The molecule has 35 heavy (non-hydrogen) atoms. The largest absolute Gasteiger partial charge is 0.465 e. The van der Waals surface area contributed by atoms with Gasteiger partial charge >= 0.3 is 5.97 Å². The van der Waals surface area contributed by atoms with Crippen LogP contribution in [0.15, 0.2) is 72.2 Å². The highest BCUT2D eigenvalue weighted by atomic mass is 32.1. The lowest BCUT2D eigenvalue weighted by Crippen LogP contribution is -2.34. The molecule has 0 radical (unpaired) electrons. The van der Waals surface area contributed by atoms with E-state index >= 15 is 0 Å². The number of nitrogens with one attached hydrogen (secondary N) is 1. The third kappa shape index (κ3) is 6.32. The van der Waals surface area contributed by atoms with E-state index in [4.69, 9.17) is 4.74 Å². The first-order valence-electron chi connectivity index (χ1n) is 11.6. The van der Waals surface area contributed by atoms with E-state index in [0.29, 0.717) is 30.9 Å². The first kappa shape index (κ1) is 24.6. The van der Waals surface area contributed by atoms with E-state index in [-0.39, 0.29) is 17.9 Å². The molecular weight excluding hydrogens is 458 g/mol. The smallest absolute Gasteiger partial charge is 0.302 e. The maximum atomic E-state index is 13.2. The van der Waals surface area contributed by atoms with Crippen molar-refractivity contribution in [1.29, 1.82) is 0 Å². The van der Waals surface area contributed by atoms with Crippen molar-refractivity contribution in [2.75, 3.05) is 18.5 Å². The average molecular weight is 488 g/mol. The van der Waals surface area contributed by atoms with Gasteiger partial charge in [0.1, 0.15) is 6.61 Å². The van der Waals surface area contributed by atoms with Crippen molar-refractivity contribution in [1.82, 2.24) is 9.88 Å². The van der Waals surface area contributed by atoms with Gasteiger partial charge in [0.2, 0.25) is 0 Å². The first-order chi connectivity index (χ1) is 16.9. The molecule has 4 aromatic rings. The van der Waals surface area contributed by atoms with E-state index in [2.05, 4.69) is 41.2 Å². The summed E-state index contributed by atoms with van der Waals surface area (Å²) in [5.74, 6) is -0.454. The lowest BCUT2D eigenvalue weighted by atomic mass is 9.96. The van der Waals surface area contributed by atoms with Gasteiger partial charge in [0.15, 0.2) is 0 Å². The Morgan fingerprint density at radius 2 is 1.86 bits per heavy atom. The maximum Gasteiger partial charge on any atom is 0.302 e. The number of carbonyl (C=O) groups is 2. The average Bonchev–Trinajstić information content (AvgIpc) is 3.31. The van der Waals surface area contributed by atoms with Gasteiger partial charge in [-0.05, 0) is 60.9 Å². The van der Waals surface area contributed by atoms with E-state index in [9.17, 15) is 9.59 Å². The number of amides is 1. The summed E-state index contributed by atoms with van der Waals surface area (Å²) in [6, 6.07) is 22.0. The zero-order valence-corrected chi connectivity index (χ0v) is 21.0. The summed E-state index contributed by atoms with van der Waals surface area (Å²) in [6.07, 6.45) is 0. The molecule has 1 heterocycles. The minimum Gasteiger partial charge on any atom is -0.465 e. The Balaban J connectivity index is 1.61. The number of nitrogens with zero attached hydrogens (tertiary/aromatic N) is 2. The van der Waals surface area contributed by atoms with Crippen molar-refractivity contribution in [3.63, 3.8) is 0 Å². The number of esters is 1. The quantitative estimate of drug-likeness (QED) is 0.294. The van der Waals surface area contributed by atoms with Gasteiger partial charge in [0.25, 0.3) is 5.91 Å². The number of hydrogen-bond acceptors (Lipinski definition) is 6. The topological polar surface area (TPSA) is 71.5 Å². The molecule has 180 valence electrons. The molecule has 3 aromatic carbocycles. The van der Waals surface area contributed by atoms with Crippen molar-refractivity contribution < 1.29 is 14.3 Å². The van der Waals surface area contributed by atoms with Crippen LogP contribution in [-0.2, 0) is 16.1 Å². The monoisotopic (exact) mass is 487 g/mol. The molecule has 1 aromatic heterocycles. The molecule has 0 bridgehead atoms. The van der Waals surface area contributed by atoms with Crippen LogP contribution in [0.1, 0.15) is 36.7 Å². The van der Waals surface area contributed by atoms with E-state index < -0.39 is 0 Å². The fraction of sp³-hybridized carbons (Fsp3) is 0.250. The van der Waals surface area contributed by atoms with Crippen LogP contribution in [-0.4, -0.2) is 41.0 Å². The van der Waals surface area contributed by atoms with Crippen LogP contribution in [0.5, 0.6) is 0 Å². The van der Waals surface area contributed by atoms with Gasteiger partial charge in [0, 0.05) is 37.3 Å². The maximum absolute atomic E-state index is 13.2. The lowest BCUT2D eigenvalue weighted by Gasteiger charge is -2.27. The van der Waals surface area contributed by atoms with Gasteiger partial charge in [-0.15, -0.1) is 11.3 Å². The molecule has 0 saturated heterocycles. The van der Waals surface area contributed by atoms with Gasteiger partial charge in [-0.1, -0.05) is 36.4 Å². The molecular formula is C28H29N3O3S. The molecule has 0 fully saturated rings. The molecule has 0 spiro atoms. The van der Waals surface area contributed by atoms with Crippen LogP contribution in [0.4, 0.5) is 5.69 Å². The summed E-state index contributed by atoms with van der Waals surface area (Å²) in [7, 11) is 0. The van der Waals surface area contributed by atoms with Crippen LogP contribution in [0.2, 0.25) is 0 Å². The SMILES string of the molecule is CC(=O)OCCN(Cc1cc(C(=O)Nc2ccc3scnc3c2)ccc1-c1ccccc1)C(C)C. The van der Waals surface area contributed by atoms with Crippen LogP contribution in [0, 0.1) is 0 Å². The summed E-state index contributed by atoms with van der Waals surface area (Å²) >= 11 is 1.57. The lowest BCUT2D eigenvalue weighted by molar-refractivity contribution is -0.141. The number of benzene rings is 3. The molecule has 4 rings (SSSR count). The zero-order valence-electron chi connectivity index (χ0n) is 20.2. The second kappa shape index (κ2) is 11.3. The van der Waals surface area contributed by atoms with Crippen molar-refractivity contribution >= 4 is 39.1 Å². The van der Waals surface area contributed by atoms with Crippen LogP contribution in [0.25, 0.3) is 21.3 Å². The Kier molecular flexibility index (Phi) is 7.90. The summed E-state index contributed by atoms with van der Waals surface area (Å²) in [4.78, 5) is 31.0. The Labute approximate surface area is 209 Å². The number of hydrogen-bond donors (Lipinski definition) is 1.